The first-order valence-electron chi connectivity index (χ1n) is 6.63. The van der Waals surface area contributed by atoms with Crippen molar-refractivity contribution in [3.8, 4) is 11.1 Å². The van der Waals surface area contributed by atoms with Gasteiger partial charge in [0.2, 0.25) is 5.95 Å². The van der Waals surface area contributed by atoms with Gasteiger partial charge in [0.05, 0.1) is 12.6 Å². The molecule has 19 heavy (non-hydrogen) atoms. The van der Waals surface area contributed by atoms with Gasteiger partial charge >= 0.3 is 0 Å². The molecule has 2 heterocycles. The lowest BCUT2D eigenvalue weighted by Crippen LogP contribution is -2.33. The van der Waals surface area contributed by atoms with Gasteiger partial charge in [-0.3, -0.25) is 0 Å². The van der Waals surface area contributed by atoms with Crippen molar-refractivity contribution >= 4 is 5.95 Å². The van der Waals surface area contributed by atoms with Gasteiger partial charge in [-0.15, -0.1) is 0 Å². The first-order chi connectivity index (χ1) is 9.38. The zero-order valence-electron chi connectivity index (χ0n) is 10.7. The van der Waals surface area contributed by atoms with Crippen LogP contribution < -0.4 is 4.90 Å². The van der Waals surface area contributed by atoms with E-state index in [2.05, 4.69) is 14.9 Å². The second-order valence-electron chi connectivity index (χ2n) is 4.81. The molecule has 1 N–H and O–H groups in total. The van der Waals surface area contributed by atoms with Crippen molar-refractivity contribution in [1.82, 2.24) is 9.97 Å². The Balaban J connectivity index is 1.83. The minimum atomic E-state index is 0.169. The zero-order valence-corrected chi connectivity index (χ0v) is 10.7. The highest BCUT2D eigenvalue weighted by Gasteiger charge is 2.25. The molecular formula is C15H17N3O. The molecule has 0 amide bonds. The summed E-state index contributed by atoms with van der Waals surface area (Å²) in [7, 11) is 0. The maximum absolute atomic E-state index is 9.33. The normalized spacial score (nSPS) is 18.8. The van der Waals surface area contributed by atoms with Crippen molar-refractivity contribution in [2.45, 2.75) is 18.9 Å². The fraction of sp³-hybridized carbons (Fsp3) is 0.333. The highest BCUT2D eigenvalue weighted by molar-refractivity contribution is 5.61. The lowest BCUT2D eigenvalue weighted by Gasteiger charge is -2.22. The lowest BCUT2D eigenvalue weighted by atomic mass is 10.1. The summed E-state index contributed by atoms with van der Waals surface area (Å²) in [5.74, 6) is 0.719. The summed E-state index contributed by atoms with van der Waals surface area (Å²) >= 11 is 0. The van der Waals surface area contributed by atoms with Crippen LogP contribution >= 0.6 is 0 Å². The predicted molar refractivity (Wildman–Crippen MR) is 74.9 cm³/mol. The second kappa shape index (κ2) is 5.36. The standard InChI is InChI=1S/C15H17N3O/c19-11-14-7-4-8-18(14)15-16-9-13(10-17-15)12-5-2-1-3-6-12/h1-3,5-6,9-10,14,19H,4,7-8,11H2. The third-order valence-corrected chi connectivity index (χ3v) is 3.59. The number of anilines is 1. The first-order valence-corrected chi connectivity index (χ1v) is 6.63. The summed E-state index contributed by atoms with van der Waals surface area (Å²) in [4.78, 5) is 11.0. The number of hydrogen-bond acceptors (Lipinski definition) is 4. The van der Waals surface area contributed by atoms with Crippen LogP contribution in [0.2, 0.25) is 0 Å². The van der Waals surface area contributed by atoms with E-state index in [1.165, 1.54) is 0 Å². The molecule has 4 nitrogen and oxygen atoms in total. The van der Waals surface area contributed by atoms with E-state index in [1.54, 1.807) is 0 Å². The summed E-state index contributed by atoms with van der Waals surface area (Å²) in [5, 5.41) is 9.33. The maximum atomic E-state index is 9.33. The van der Waals surface area contributed by atoms with E-state index in [1.807, 2.05) is 42.7 Å². The van der Waals surface area contributed by atoms with Crippen LogP contribution in [0.25, 0.3) is 11.1 Å². The smallest absolute Gasteiger partial charge is 0.225 e. The Morgan fingerprint density at radius 2 is 1.84 bits per heavy atom. The molecule has 1 aromatic heterocycles. The van der Waals surface area contributed by atoms with Crippen molar-refractivity contribution in [1.29, 1.82) is 0 Å². The molecule has 4 heteroatoms. The Morgan fingerprint density at radius 3 is 2.53 bits per heavy atom. The summed E-state index contributed by atoms with van der Waals surface area (Å²) in [6, 6.07) is 10.3. The average molecular weight is 255 g/mol. The molecule has 98 valence electrons. The van der Waals surface area contributed by atoms with Crippen molar-refractivity contribution in [3.05, 3.63) is 42.7 Å². The Kier molecular flexibility index (Phi) is 3.42. The van der Waals surface area contributed by atoms with E-state index in [9.17, 15) is 5.11 Å². The van der Waals surface area contributed by atoms with E-state index < -0.39 is 0 Å². The molecule has 1 aliphatic rings. The third-order valence-electron chi connectivity index (χ3n) is 3.59. The predicted octanol–water partition coefficient (Wildman–Crippen LogP) is 2.10. The Hall–Kier alpha value is -1.94. The molecule has 0 aliphatic carbocycles. The summed E-state index contributed by atoms with van der Waals surface area (Å²) in [5.41, 5.74) is 2.14. The van der Waals surface area contributed by atoms with Gasteiger partial charge < -0.3 is 10.0 Å². The fourth-order valence-electron chi connectivity index (χ4n) is 2.54. The van der Waals surface area contributed by atoms with Crippen LogP contribution in [0, 0.1) is 0 Å². The molecule has 2 aromatic rings. The Morgan fingerprint density at radius 1 is 1.11 bits per heavy atom. The van der Waals surface area contributed by atoms with Crippen LogP contribution in [0.4, 0.5) is 5.95 Å². The highest BCUT2D eigenvalue weighted by atomic mass is 16.3. The van der Waals surface area contributed by atoms with Crippen LogP contribution in [0.1, 0.15) is 12.8 Å². The molecule has 0 radical (unpaired) electrons. The number of aliphatic hydroxyl groups excluding tert-OH is 1. The molecule has 1 aromatic carbocycles. The third kappa shape index (κ3) is 2.44. The van der Waals surface area contributed by atoms with Gasteiger partial charge in [0.15, 0.2) is 0 Å². The van der Waals surface area contributed by atoms with E-state index in [-0.39, 0.29) is 12.6 Å². The second-order valence-corrected chi connectivity index (χ2v) is 4.81. The SMILES string of the molecule is OCC1CCCN1c1ncc(-c2ccccc2)cn1. The number of aromatic nitrogens is 2. The number of aliphatic hydroxyl groups is 1. The summed E-state index contributed by atoms with van der Waals surface area (Å²) in [6.07, 6.45) is 5.81. The van der Waals surface area contributed by atoms with Crippen molar-refractivity contribution < 1.29 is 5.11 Å². The maximum Gasteiger partial charge on any atom is 0.225 e. The first kappa shape index (κ1) is 12.1. The number of nitrogens with zero attached hydrogens (tertiary/aromatic N) is 3. The Labute approximate surface area is 112 Å². The van der Waals surface area contributed by atoms with Crippen LogP contribution in [0.15, 0.2) is 42.7 Å². The van der Waals surface area contributed by atoms with Crippen LogP contribution in [0.5, 0.6) is 0 Å². The quantitative estimate of drug-likeness (QED) is 0.912. The fourth-order valence-corrected chi connectivity index (χ4v) is 2.54. The van der Waals surface area contributed by atoms with Gasteiger partial charge in [0.1, 0.15) is 0 Å². The molecular weight excluding hydrogens is 238 g/mol. The average Bonchev–Trinajstić information content (AvgIpc) is 2.97. The number of rotatable bonds is 3. The minimum absolute atomic E-state index is 0.169. The molecule has 1 atom stereocenters. The molecule has 0 spiro atoms. The van der Waals surface area contributed by atoms with Gasteiger partial charge in [0.25, 0.3) is 0 Å². The van der Waals surface area contributed by atoms with Crippen LogP contribution in [0.3, 0.4) is 0 Å². The van der Waals surface area contributed by atoms with Crippen molar-refractivity contribution in [2.24, 2.45) is 0 Å². The highest BCUT2D eigenvalue weighted by Crippen LogP contribution is 2.23. The molecule has 1 fully saturated rings. The van der Waals surface area contributed by atoms with Crippen LogP contribution in [-0.4, -0.2) is 34.3 Å². The van der Waals surface area contributed by atoms with E-state index in [4.69, 9.17) is 0 Å². The van der Waals surface area contributed by atoms with Gasteiger partial charge in [-0.2, -0.15) is 0 Å². The number of hydrogen-bond donors (Lipinski definition) is 1. The molecule has 0 bridgehead atoms. The number of benzene rings is 1. The monoisotopic (exact) mass is 255 g/mol. The molecule has 3 rings (SSSR count). The summed E-state index contributed by atoms with van der Waals surface area (Å²) in [6.45, 7) is 1.10. The largest absolute Gasteiger partial charge is 0.394 e. The minimum Gasteiger partial charge on any atom is -0.394 e. The summed E-state index contributed by atoms with van der Waals surface area (Å²) < 4.78 is 0. The van der Waals surface area contributed by atoms with Gasteiger partial charge in [-0.05, 0) is 18.4 Å². The van der Waals surface area contributed by atoms with Gasteiger partial charge in [-0.25, -0.2) is 9.97 Å². The molecule has 0 saturated carbocycles. The van der Waals surface area contributed by atoms with E-state index in [0.717, 1.165) is 36.5 Å². The van der Waals surface area contributed by atoms with Gasteiger partial charge in [-0.1, -0.05) is 30.3 Å². The topological polar surface area (TPSA) is 49.2 Å². The molecule has 1 saturated heterocycles. The van der Waals surface area contributed by atoms with Crippen LogP contribution in [-0.2, 0) is 0 Å². The lowest BCUT2D eigenvalue weighted by molar-refractivity contribution is 0.265. The molecule has 1 unspecified atom stereocenters. The molecule has 1 aliphatic heterocycles. The van der Waals surface area contributed by atoms with E-state index >= 15 is 0 Å². The zero-order chi connectivity index (χ0) is 13.1. The van der Waals surface area contributed by atoms with Gasteiger partial charge in [0, 0.05) is 24.5 Å². The van der Waals surface area contributed by atoms with E-state index in [0.29, 0.717) is 0 Å². The Bertz CT molecular complexity index is 527. The van der Waals surface area contributed by atoms with Crippen molar-refractivity contribution in [3.63, 3.8) is 0 Å². The van der Waals surface area contributed by atoms with Crippen molar-refractivity contribution in [2.75, 3.05) is 18.1 Å².